The van der Waals surface area contributed by atoms with Gasteiger partial charge in [0.05, 0.1) is 0 Å². The molecule has 2 aliphatic rings. The van der Waals surface area contributed by atoms with E-state index in [9.17, 15) is 5.11 Å². The van der Waals surface area contributed by atoms with Crippen molar-refractivity contribution in [1.82, 2.24) is 0 Å². The second-order valence-electron chi connectivity index (χ2n) is 9.71. The highest BCUT2D eigenvalue weighted by molar-refractivity contribution is 5.52. The van der Waals surface area contributed by atoms with E-state index in [2.05, 4.69) is 40.7 Å². The van der Waals surface area contributed by atoms with Crippen LogP contribution in [0, 0.1) is 11.8 Å². The highest BCUT2D eigenvalue weighted by Crippen LogP contribution is 2.54. The van der Waals surface area contributed by atoms with E-state index in [4.69, 9.17) is 10.5 Å². The van der Waals surface area contributed by atoms with Gasteiger partial charge in [-0.1, -0.05) is 46.5 Å². The number of hydrogen-bond acceptors (Lipinski definition) is 3. The van der Waals surface area contributed by atoms with Gasteiger partial charge in [0.1, 0.15) is 17.1 Å². The molecular weight excluding hydrogens is 334 g/mol. The number of fused-ring (bicyclic) bond motifs is 3. The van der Waals surface area contributed by atoms with Crippen LogP contribution in [0.2, 0.25) is 0 Å². The number of rotatable bonds is 6. The molecule has 1 aliphatic carbocycles. The molecule has 0 aromatic heterocycles. The molecule has 1 heterocycles. The van der Waals surface area contributed by atoms with Crippen molar-refractivity contribution in [3.8, 4) is 11.5 Å². The van der Waals surface area contributed by atoms with E-state index in [1.54, 1.807) is 0 Å². The first kappa shape index (κ1) is 20.5. The summed E-state index contributed by atoms with van der Waals surface area (Å²) in [6.45, 7) is 11.3. The Morgan fingerprint density at radius 3 is 2.67 bits per heavy atom. The molecule has 3 unspecified atom stereocenters. The summed E-state index contributed by atoms with van der Waals surface area (Å²) in [6, 6.07) is 4.43. The van der Waals surface area contributed by atoms with Gasteiger partial charge in [-0.2, -0.15) is 0 Å². The third kappa shape index (κ3) is 4.13. The summed E-state index contributed by atoms with van der Waals surface area (Å²) in [4.78, 5) is 0. The maximum absolute atomic E-state index is 11.0. The number of aromatic hydroxyl groups is 1. The lowest BCUT2D eigenvalue weighted by Crippen LogP contribution is -2.48. The highest BCUT2D eigenvalue weighted by Gasteiger charge is 2.47. The van der Waals surface area contributed by atoms with Crippen molar-refractivity contribution in [3.05, 3.63) is 23.3 Å². The van der Waals surface area contributed by atoms with E-state index in [1.807, 2.05) is 6.07 Å². The van der Waals surface area contributed by atoms with E-state index in [1.165, 1.54) is 31.2 Å². The molecule has 152 valence electrons. The molecule has 3 rings (SSSR count). The number of hydrogen-bond donors (Lipinski definition) is 2. The van der Waals surface area contributed by atoms with Crippen LogP contribution in [0.3, 0.4) is 0 Å². The number of nitrogens with two attached hydrogens (primary N) is 1. The molecule has 0 radical (unpaired) electrons. The van der Waals surface area contributed by atoms with Crippen LogP contribution in [0.1, 0.15) is 103 Å². The Labute approximate surface area is 165 Å². The van der Waals surface area contributed by atoms with E-state index < -0.39 is 0 Å². The Morgan fingerprint density at radius 2 is 1.96 bits per heavy atom. The SMILES string of the molecule is CCCCCC(C)C(C)c1cc(O)c2c(c1)OC(C)(C)[C@@H]1CCC(N)C[C@@H]21. The Hall–Kier alpha value is -1.22. The number of unbranched alkanes of at least 4 members (excludes halogenated alkanes) is 2. The largest absolute Gasteiger partial charge is 0.508 e. The maximum atomic E-state index is 11.0. The summed E-state index contributed by atoms with van der Waals surface area (Å²) in [5.74, 6) is 3.04. The minimum absolute atomic E-state index is 0.209. The second kappa shape index (κ2) is 8.03. The molecular formula is C24H39NO2. The Morgan fingerprint density at radius 1 is 1.22 bits per heavy atom. The first-order chi connectivity index (χ1) is 12.7. The summed E-state index contributed by atoms with van der Waals surface area (Å²) < 4.78 is 6.47. The smallest absolute Gasteiger partial charge is 0.127 e. The van der Waals surface area contributed by atoms with Gasteiger partial charge in [0.2, 0.25) is 0 Å². The zero-order chi connectivity index (χ0) is 19.8. The first-order valence-corrected chi connectivity index (χ1v) is 11.1. The minimum atomic E-state index is -0.209. The van der Waals surface area contributed by atoms with E-state index in [0.717, 1.165) is 30.6 Å². The second-order valence-corrected chi connectivity index (χ2v) is 9.71. The van der Waals surface area contributed by atoms with Crippen molar-refractivity contribution in [2.24, 2.45) is 17.6 Å². The summed E-state index contributed by atoms with van der Waals surface area (Å²) in [5.41, 5.74) is 8.28. The van der Waals surface area contributed by atoms with Crippen molar-refractivity contribution in [2.45, 2.75) is 103 Å². The third-order valence-corrected chi connectivity index (χ3v) is 7.31. The summed E-state index contributed by atoms with van der Waals surface area (Å²) in [6.07, 6.45) is 8.14. The summed E-state index contributed by atoms with van der Waals surface area (Å²) in [7, 11) is 0. The summed E-state index contributed by atoms with van der Waals surface area (Å²) in [5, 5.41) is 11.0. The third-order valence-electron chi connectivity index (χ3n) is 7.31. The number of phenolic OH excluding ortho intramolecular Hbond substituents is 1. The van der Waals surface area contributed by atoms with Crippen LogP contribution >= 0.6 is 0 Å². The fraction of sp³-hybridized carbons (Fsp3) is 0.750. The molecule has 0 amide bonds. The quantitative estimate of drug-likeness (QED) is 0.593. The van der Waals surface area contributed by atoms with Crippen LogP contribution in [0.5, 0.6) is 11.5 Å². The molecule has 3 heteroatoms. The zero-order valence-electron chi connectivity index (χ0n) is 17.9. The van der Waals surface area contributed by atoms with Crippen molar-refractivity contribution in [2.75, 3.05) is 0 Å². The van der Waals surface area contributed by atoms with Crippen LogP contribution in [0.25, 0.3) is 0 Å². The predicted octanol–water partition coefficient (Wildman–Crippen LogP) is 6.09. The molecule has 1 aromatic carbocycles. The first-order valence-electron chi connectivity index (χ1n) is 11.1. The topological polar surface area (TPSA) is 55.5 Å². The number of benzene rings is 1. The monoisotopic (exact) mass is 373 g/mol. The highest BCUT2D eigenvalue weighted by atomic mass is 16.5. The number of ether oxygens (including phenoxy) is 1. The minimum Gasteiger partial charge on any atom is -0.508 e. The van der Waals surface area contributed by atoms with Gasteiger partial charge in [-0.25, -0.2) is 0 Å². The van der Waals surface area contributed by atoms with Gasteiger partial charge in [0.15, 0.2) is 0 Å². The summed E-state index contributed by atoms with van der Waals surface area (Å²) >= 11 is 0. The zero-order valence-corrected chi connectivity index (χ0v) is 17.9. The van der Waals surface area contributed by atoms with Crippen molar-refractivity contribution in [3.63, 3.8) is 0 Å². The Balaban J connectivity index is 1.89. The van der Waals surface area contributed by atoms with Crippen molar-refractivity contribution >= 4 is 0 Å². The molecule has 3 nitrogen and oxygen atoms in total. The lowest BCUT2D eigenvalue weighted by atomic mass is 9.65. The average molecular weight is 374 g/mol. The molecule has 1 aromatic rings. The molecule has 0 spiro atoms. The molecule has 0 bridgehead atoms. The van der Waals surface area contributed by atoms with Gasteiger partial charge in [0, 0.05) is 17.5 Å². The van der Waals surface area contributed by atoms with Crippen molar-refractivity contribution < 1.29 is 9.84 Å². The molecule has 27 heavy (non-hydrogen) atoms. The van der Waals surface area contributed by atoms with Gasteiger partial charge in [-0.05, 0) is 68.6 Å². The molecule has 1 fully saturated rings. The fourth-order valence-electron chi connectivity index (χ4n) is 5.36. The average Bonchev–Trinajstić information content (AvgIpc) is 2.59. The Kier molecular flexibility index (Phi) is 6.10. The molecule has 5 atom stereocenters. The lowest BCUT2D eigenvalue weighted by Gasteiger charge is -2.48. The normalized spacial score (nSPS) is 28.6. The van der Waals surface area contributed by atoms with Crippen LogP contribution in [0.4, 0.5) is 0 Å². The van der Waals surface area contributed by atoms with Crippen LogP contribution in [-0.4, -0.2) is 16.7 Å². The standard InChI is InChI=1S/C24H39NO2/c1-6-7-8-9-15(2)16(3)17-12-21(26)23-19-14-18(25)10-11-20(19)24(4,5)27-22(23)13-17/h12-13,15-16,18-20,26H,6-11,14,25H2,1-5H3/t15?,16?,18?,19-,20-/m1/s1. The molecule has 0 saturated heterocycles. The van der Waals surface area contributed by atoms with E-state index in [-0.39, 0.29) is 11.6 Å². The van der Waals surface area contributed by atoms with Gasteiger partial charge in [0.25, 0.3) is 0 Å². The van der Waals surface area contributed by atoms with Crippen molar-refractivity contribution in [1.29, 1.82) is 0 Å². The van der Waals surface area contributed by atoms with E-state index in [0.29, 0.717) is 29.4 Å². The van der Waals surface area contributed by atoms with Gasteiger partial charge in [-0.15, -0.1) is 0 Å². The predicted molar refractivity (Wildman–Crippen MR) is 113 cm³/mol. The van der Waals surface area contributed by atoms with Gasteiger partial charge >= 0.3 is 0 Å². The van der Waals surface area contributed by atoms with Gasteiger partial charge < -0.3 is 15.6 Å². The molecule has 3 N–H and O–H groups in total. The lowest BCUT2D eigenvalue weighted by molar-refractivity contribution is -0.00992. The van der Waals surface area contributed by atoms with Crippen LogP contribution < -0.4 is 10.5 Å². The van der Waals surface area contributed by atoms with E-state index >= 15 is 0 Å². The number of phenols is 1. The van der Waals surface area contributed by atoms with Crippen LogP contribution in [0.15, 0.2) is 12.1 Å². The Bertz CT molecular complexity index is 654. The van der Waals surface area contributed by atoms with Gasteiger partial charge in [-0.3, -0.25) is 0 Å². The fourth-order valence-corrected chi connectivity index (χ4v) is 5.36. The maximum Gasteiger partial charge on any atom is 0.127 e. The molecule has 1 aliphatic heterocycles. The van der Waals surface area contributed by atoms with Crippen LogP contribution in [-0.2, 0) is 0 Å². The molecule has 1 saturated carbocycles.